The Hall–Kier alpha value is -1.86. The van der Waals surface area contributed by atoms with Gasteiger partial charge in [-0.05, 0) is 18.9 Å². The Labute approximate surface area is 132 Å². The summed E-state index contributed by atoms with van der Waals surface area (Å²) in [5.74, 6) is 0.0417. The van der Waals surface area contributed by atoms with E-state index in [0.717, 1.165) is 25.7 Å². The summed E-state index contributed by atoms with van der Waals surface area (Å²) >= 11 is 5.91. The lowest BCUT2D eigenvalue weighted by molar-refractivity contribution is -0.384. The van der Waals surface area contributed by atoms with Gasteiger partial charge in [-0.15, -0.1) is 0 Å². The molecule has 3 N–H and O–H groups in total. The first-order valence-electron chi connectivity index (χ1n) is 7.14. The molecule has 0 heterocycles. The third kappa shape index (κ3) is 4.32. The third-order valence-corrected chi connectivity index (χ3v) is 4.13. The zero-order valence-electron chi connectivity index (χ0n) is 11.9. The quantitative estimate of drug-likeness (QED) is 0.584. The number of nitro groups is 1. The molecule has 7 nitrogen and oxygen atoms in total. The largest absolute Gasteiger partial charge is 0.393 e. The molecule has 1 aliphatic rings. The van der Waals surface area contributed by atoms with Gasteiger partial charge < -0.3 is 15.7 Å². The number of aliphatic hydroxyl groups is 1. The summed E-state index contributed by atoms with van der Waals surface area (Å²) in [7, 11) is 0. The molecule has 0 unspecified atom stereocenters. The molecule has 0 spiro atoms. The molecule has 0 aromatic heterocycles. The van der Waals surface area contributed by atoms with E-state index in [2.05, 4.69) is 10.6 Å². The van der Waals surface area contributed by atoms with Crippen molar-refractivity contribution in [2.45, 2.75) is 31.8 Å². The van der Waals surface area contributed by atoms with Crippen LogP contribution in [0.4, 0.5) is 16.2 Å². The van der Waals surface area contributed by atoms with Crippen molar-refractivity contribution in [3.05, 3.63) is 33.3 Å². The van der Waals surface area contributed by atoms with E-state index in [9.17, 15) is 20.0 Å². The SMILES string of the molecule is O=C(NC[C@H]1CCCC[C@H]1O)Nc1cc([N+](=O)[O-])ccc1Cl. The van der Waals surface area contributed by atoms with Crippen LogP contribution in [-0.4, -0.2) is 28.7 Å². The summed E-state index contributed by atoms with van der Waals surface area (Å²) < 4.78 is 0. The molecule has 1 fully saturated rings. The first-order valence-corrected chi connectivity index (χ1v) is 7.52. The van der Waals surface area contributed by atoms with Crippen LogP contribution in [0.1, 0.15) is 25.7 Å². The van der Waals surface area contributed by atoms with Crippen molar-refractivity contribution in [2.24, 2.45) is 5.92 Å². The molecule has 2 amide bonds. The van der Waals surface area contributed by atoms with E-state index in [4.69, 9.17) is 11.6 Å². The second-order valence-electron chi connectivity index (χ2n) is 5.37. The van der Waals surface area contributed by atoms with Gasteiger partial charge in [0.15, 0.2) is 0 Å². The number of halogens is 1. The van der Waals surface area contributed by atoms with Gasteiger partial charge in [0.1, 0.15) is 0 Å². The first kappa shape index (κ1) is 16.5. The van der Waals surface area contributed by atoms with E-state index in [-0.39, 0.29) is 22.3 Å². The molecule has 8 heteroatoms. The molecule has 2 atom stereocenters. The maximum atomic E-state index is 11.9. The van der Waals surface area contributed by atoms with Crippen LogP contribution < -0.4 is 10.6 Å². The molecule has 0 bridgehead atoms. The van der Waals surface area contributed by atoms with Gasteiger partial charge in [-0.3, -0.25) is 10.1 Å². The zero-order chi connectivity index (χ0) is 16.1. The van der Waals surface area contributed by atoms with E-state index >= 15 is 0 Å². The molecule has 1 aliphatic carbocycles. The van der Waals surface area contributed by atoms with E-state index < -0.39 is 17.1 Å². The number of carbonyl (C=O) groups is 1. The number of rotatable bonds is 4. The molecule has 1 saturated carbocycles. The molecule has 22 heavy (non-hydrogen) atoms. The number of anilines is 1. The highest BCUT2D eigenvalue weighted by atomic mass is 35.5. The van der Waals surface area contributed by atoms with Crippen LogP contribution >= 0.6 is 11.6 Å². The molecular weight excluding hydrogens is 310 g/mol. The summed E-state index contributed by atoms with van der Waals surface area (Å²) in [6.07, 6.45) is 3.29. The predicted octanol–water partition coefficient (Wildman–Crippen LogP) is 2.92. The van der Waals surface area contributed by atoms with Crippen LogP contribution in [-0.2, 0) is 0 Å². The van der Waals surface area contributed by atoms with Gasteiger partial charge in [-0.1, -0.05) is 24.4 Å². The molecule has 1 aromatic rings. The second kappa shape index (κ2) is 7.42. The minimum atomic E-state index is -0.558. The number of nitro benzene ring substituents is 1. The molecule has 0 aliphatic heterocycles. The summed E-state index contributed by atoms with van der Waals surface area (Å²) in [6, 6.07) is 3.33. The molecule has 2 rings (SSSR count). The zero-order valence-corrected chi connectivity index (χ0v) is 12.7. The minimum absolute atomic E-state index is 0.0417. The smallest absolute Gasteiger partial charge is 0.319 e. The Morgan fingerprint density at radius 3 is 2.82 bits per heavy atom. The van der Waals surface area contributed by atoms with Crippen LogP contribution in [0.5, 0.6) is 0 Å². The van der Waals surface area contributed by atoms with Gasteiger partial charge in [-0.2, -0.15) is 0 Å². The Morgan fingerprint density at radius 2 is 2.14 bits per heavy atom. The number of amides is 2. The van der Waals surface area contributed by atoms with Crippen molar-refractivity contribution in [2.75, 3.05) is 11.9 Å². The molecule has 0 saturated heterocycles. The summed E-state index contributed by atoms with van der Waals surface area (Å²) in [5.41, 5.74) is 0.0277. The fourth-order valence-electron chi connectivity index (χ4n) is 2.54. The highest BCUT2D eigenvalue weighted by molar-refractivity contribution is 6.33. The number of urea groups is 1. The topological polar surface area (TPSA) is 104 Å². The first-order chi connectivity index (χ1) is 10.5. The van der Waals surface area contributed by atoms with Crippen molar-refractivity contribution in [1.29, 1.82) is 0 Å². The number of aliphatic hydroxyl groups excluding tert-OH is 1. The number of non-ortho nitro benzene ring substituents is 1. The van der Waals surface area contributed by atoms with Crippen molar-refractivity contribution < 1.29 is 14.8 Å². The Balaban J connectivity index is 1.91. The fourth-order valence-corrected chi connectivity index (χ4v) is 2.70. The van der Waals surface area contributed by atoms with Crippen LogP contribution in [0, 0.1) is 16.0 Å². The fraction of sp³-hybridized carbons (Fsp3) is 0.500. The second-order valence-corrected chi connectivity index (χ2v) is 5.78. The summed E-state index contributed by atoms with van der Waals surface area (Å²) in [6.45, 7) is 0.361. The standard InChI is InChI=1S/C14H18ClN3O4/c15-11-6-5-10(18(21)22)7-12(11)17-14(20)16-8-9-3-1-2-4-13(9)19/h5-7,9,13,19H,1-4,8H2,(H2,16,17,20)/t9-,13-/m1/s1. The number of hydrogen-bond acceptors (Lipinski definition) is 4. The lowest BCUT2D eigenvalue weighted by Crippen LogP contribution is -2.38. The van der Waals surface area contributed by atoms with Crippen molar-refractivity contribution >= 4 is 29.0 Å². The average molecular weight is 328 g/mol. The highest BCUT2D eigenvalue weighted by Gasteiger charge is 2.23. The van der Waals surface area contributed by atoms with E-state index in [0.29, 0.717) is 6.54 Å². The lowest BCUT2D eigenvalue weighted by Gasteiger charge is -2.27. The van der Waals surface area contributed by atoms with Gasteiger partial charge in [0.2, 0.25) is 0 Å². The molecule has 0 radical (unpaired) electrons. The Kier molecular flexibility index (Phi) is 5.57. The number of nitrogens with zero attached hydrogens (tertiary/aromatic N) is 1. The van der Waals surface area contributed by atoms with Gasteiger partial charge in [-0.25, -0.2) is 4.79 Å². The minimum Gasteiger partial charge on any atom is -0.393 e. The average Bonchev–Trinajstić information content (AvgIpc) is 2.48. The summed E-state index contributed by atoms with van der Waals surface area (Å²) in [5, 5.41) is 26.0. The number of benzene rings is 1. The molecule has 1 aromatic carbocycles. The maximum Gasteiger partial charge on any atom is 0.319 e. The van der Waals surface area contributed by atoms with Crippen molar-refractivity contribution in [1.82, 2.24) is 5.32 Å². The van der Waals surface area contributed by atoms with E-state index in [1.54, 1.807) is 0 Å². The Morgan fingerprint density at radius 1 is 1.41 bits per heavy atom. The van der Waals surface area contributed by atoms with Crippen molar-refractivity contribution in [3.8, 4) is 0 Å². The van der Waals surface area contributed by atoms with Crippen LogP contribution in [0.2, 0.25) is 5.02 Å². The van der Waals surface area contributed by atoms with Gasteiger partial charge in [0, 0.05) is 24.6 Å². The van der Waals surface area contributed by atoms with Crippen LogP contribution in [0.25, 0.3) is 0 Å². The monoisotopic (exact) mass is 327 g/mol. The van der Waals surface area contributed by atoms with E-state index in [1.165, 1.54) is 18.2 Å². The summed E-state index contributed by atoms with van der Waals surface area (Å²) in [4.78, 5) is 22.0. The maximum absolute atomic E-state index is 11.9. The molecular formula is C14H18ClN3O4. The lowest BCUT2D eigenvalue weighted by atomic mass is 9.86. The normalized spacial score (nSPS) is 21.2. The number of nitrogens with one attached hydrogen (secondary N) is 2. The van der Waals surface area contributed by atoms with E-state index in [1.807, 2.05) is 0 Å². The number of hydrogen-bond donors (Lipinski definition) is 3. The molecule has 120 valence electrons. The highest BCUT2D eigenvalue weighted by Crippen LogP contribution is 2.27. The van der Waals surface area contributed by atoms with Crippen LogP contribution in [0.3, 0.4) is 0 Å². The van der Waals surface area contributed by atoms with Gasteiger partial charge >= 0.3 is 6.03 Å². The third-order valence-electron chi connectivity index (χ3n) is 3.80. The van der Waals surface area contributed by atoms with Crippen molar-refractivity contribution in [3.63, 3.8) is 0 Å². The van der Waals surface area contributed by atoms with Crippen LogP contribution in [0.15, 0.2) is 18.2 Å². The predicted molar refractivity (Wildman–Crippen MR) is 83.1 cm³/mol. The Bertz CT molecular complexity index is 567. The van der Waals surface area contributed by atoms with Gasteiger partial charge in [0.25, 0.3) is 5.69 Å². The van der Waals surface area contributed by atoms with Gasteiger partial charge in [0.05, 0.1) is 21.7 Å². The number of carbonyl (C=O) groups excluding carboxylic acids is 1.